The minimum absolute atomic E-state index is 0.0399. The van der Waals surface area contributed by atoms with Gasteiger partial charge in [-0.3, -0.25) is 25.0 Å². The summed E-state index contributed by atoms with van der Waals surface area (Å²) in [6.07, 6.45) is 2.72. The van der Waals surface area contributed by atoms with Crippen LogP contribution in [0.25, 0.3) is 23.5 Å². The summed E-state index contributed by atoms with van der Waals surface area (Å²) in [5, 5.41) is 31.7. The number of nitriles is 1. The number of nitro benzene ring substituents is 1. The Morgan fingerprint density at radius 3 is 2.53 bits per heavy atom. The van der Waals surface area contributed by atoms with Crippen LogP contribution >= 0.6 is 0 Å². The normalized spacial score (nSPS) is 10.9. The number of aromatic nitrogens is 1. The fourth-order valence-corrected chi connectivity index (χ4v) is 3.18. The van der Waals surface area contributed by atoms with Gasteiger partial charge in [-0.2, -0.15) is 5.26 Å². The first kappa shape index (κ1) is 22.1. The van der Waals surface area contributed by atoms with Crippen LogP contribution in [0.4, 0.5) is 11.4 Å². The predicted octanol–water partition coefficient (Wildman–Crippen LogP) is 3.95. The first-order valence-electron chi connectivity index (χ1n) is 9.12. The number of furan rings is 1. The van der Waals surface area contributed by atoms with E-state index in [1.807, 2.05) is 0 Å². The van der Waals surface area contributed by atoms with Crippen LogP contribution in [0, 0.1) is 38.5 Å². The van der Waals surface area contributed by atoms with Gasteiger partial charge in [-0.15, -0.1) is 0 Å². The lowest BCUT2D eigenvalue weighted by Crippen LogP contribution is -2.18. The summed E-state index contributed by atoms with van der Waals surface area (Å²) in [4.78, 5) is 35.9. The first-order chi connectivity index (χ1) is 15.3. The molecule has 0 amide bonds. The summed E-state index contributed by atoms with van der Waals surface area (Å²) in [6, 6.07) is 9.29. The fourth-order valence-electron chi connectivity index (χ4n) is 3.18. The molecule has 0 aliphatic heterocycles. The van der Waals surface area contributed by atoms with Crippen molar-refractivity contribution in [1.82, 2.24) is 4.98 Å². The van der Waals surface area contributed by atoms with E-state index in [0.29, 0.717) is 22.6 Å². The number of nitrogens with one attached hydrogen (secondary N) is 1. The highest BCUT2D eigenvalue weighted by Gasteiger charge is 2.25. The van der Waals surface area contributed by atoms with Gasteiger partial charge in [-0.25, -0.2) is 0 Å². The Balaban J connectivity index is 2.00. The van der Waals surface area contributed by atoms with Crippen molar-refractivity contribution in [2.45, 2.75) is 13.5 Å². The topological polar surface area (TPSA) is 165 Å². The fraction of sp³-hybridized carbons (Fsp3) is 0.143. The van der Waals surface area contributed by atoms with E-state index in [1.165, 1.54) is 31.4 Å². The van der Waals surface area contributed by atoms with Crippen molar-refractivity contribution >= 4 is 23.5 Å². The number of rotatable bonds is 7. The molecule has 0 saturated heterocycles. The zero-order chi connectivity index (χ0) is 23.4. The van der Waals surface area contributed by atoms with Gasteiger partial charge in [-0.05, 0) is 42.8 Å². The van der Waals surface area contributed by atoms with E-state index in [-0.39, 0.29) is 29.1 Å². The maximum atomic E-state index is 12.2. The number of H-pyrrole nitrogens is 1. The molecule has 1 aromatic carbocycles. The van der Waals surface area contributed by atoms with Gasteiger partial charge in [-0.1, -0.05) is 0 Å². The molecule has 0 atom stereocenters. The quantitative estimate of drug-likeness (QED) is 0.429. The zero-order valence-electron chi connectivity index (χ0n) is 16.9. The Morgan fingerprint density at radius 1 is 1.19 bits per heavy atom. The molecule has 2 aromatic heterocycles. The molecule has 3 aromatic rings. The number of ether oxygens (including phenoxy) is 1. The SMILES string of the molecule is COCc1c([N+](=O)[O-])c(/C=C/c2ccc(-c3ccc([N+](=O)[O-])cc3C)o2)[nH]c(=O)c1C#N. The number of benzene rings is 1. The Morgan fingerprint density at radius 2 is 1.94 bits per heavy atom. The smallest absolute Gasteiger partial charge is 0.299 e. The summed E-state index contributed by atoms with van der Waals surface area (Å²) >= 11 is 0. The van der Waals surface area contributed by atoms with Crippen LogP contribution in [-0.2, 0) is 11.3 Å². The van der Waals surface area contributed by atoms with Crippen LogP contribution in [0.1, 0.15) is 28.1 Å². The van der Waals surface area contributed by atoms with Crippen molar-refractivity contribution in [2.24, 2.45) is 0 Å². The average molecular weight is 436 g/mol. The van der Waals surface area contributed by atoms with Crippen molar-refractivity contribution in [2.75, 3.05) is 7.11 Å². The third kappa shape index (κ3) is 4.30. The first-order valence-corrected chi connectivity index (χ1v) is 9.12. The van der Waals surface area contributed by atoms with E-state index >= 15 is 0 Å². The lowest BCUT2D eigenvalue weighted by Gasteiger charge is -2.06. The molecule has 11 nitrogen and oxygen atoms in total. The zero-order valence-corrected chi connectivity index (χ0v) is 16.9. The monoisotopic (exact) mass is 436 g/mol. The number of methoxy groups -OCH3 is 1. The van der Waals surface area contributed by atoms with Crippen molar-refractivity contribution in [3.8, 4) is 17.4 Å². The van der Waals surface area contributed by atoms with E-state index in [1.54, 1.807) is 31.2 Å². The number of aromatic amines is 1. The van der Waals surface area contributed by atoms with E-state index in [2.05, 4.69) is 4.98 Å². The predicted molar refractivity (Wildman–Crippen MR) is 114 cm³/mol. The molecule has 32 heavy (non-hydrogen) atoms. The van der Waals surface area contributed by atoms with Crippen molar-refractivity contribution in [3.63, 3.8) is 0 Å². The van der Waals surface area contributed by atoms with E-state index in [0.717, 1.165) is 0 Å². The van der Waals surface area contributed by atoms with Gasteiger partial charge in [0.1, 0.15) is 28.8 Å². The maximum Gasteiger partial charge on any atom is 0.299 e. The number of pyridine rings is 1. The molecule has 0 unspecified atom stereocenters. The Bertz CT molecular complexity index is 1350. The van der Waals surface area contributed by atoms with Gasteiger partial charge in [0, 0.05) is 24.8 Å². The van der Waals surface area contributed by atoms with Crippen LogP contribution in [-0.4, -0.2) is 21.9 Å². The molecule has 0 radical (unpaired) electrons. The molecular weight excluding hydrogens is 420 g/mol. The van der Waals surface area contributed by atoms with Crippen LogP contribution in [0.2, 0.25) is 0 Å². The molecule has 1 N–H and O–H groups in total. The number of aryl methyl sites for hydroxylation is 1. The molecule has 0 fully saturated rings. The summed E-state index contributed by atoms with van der Waals surface area (Å²) in [7, 11) is 1.30. The number of hydrogen-bond acceptors (Lipinski definition) is 8. The highest BCUT2D eigenvalue weighted by Crippen LogP contribution is 2.30. The Hall–Kier alpha value is -4.56. The van der Waals surface area contributed by atoms with Crippen molar-refractivity contribution < 1.29 is 19.0 Å². The number of nitrogens with zero attached hydrogens (tertiary/aromatic N) is 3. The Labute approximate surface area is 180 Å². The number of hydrogen-bond donors (Lipinski definition) is 1. The summed E-state index contributed by atoms with van der Waals surface area (Å²) < 4.78 is 10.7. The second kappa shape index (κ2) is 9.07. The minimum Gasteiger partial charge on any atom is -0.457 e. The minimum atomic E-state index is -0.772. The van der Waals surface area contributed by atoms with Crippen LogP contribution in [0.15, 0.2) is 39.5 Å². The van der Waals surface area contributed by atoms with Gasteiger partial charge in [0.2, 0.25) is 0 Å². The molecule has 0 saturated carbocycles. The van der Waals surface area contributed by atoms with Gasteiger partial charge < -0.3 is 14.1 Å². The number of nitro groups is 2. The van der Waals surface area contributed by atoms with E-state index in [9.17, 15) is 30.3 Å². The lowest BCUT2D eigenvalue weighted by atomic mass is 10.1. The van der Waals surface area contributed by atoms with Gasteiger partial charge in [0.15, 0.2) is 0 Å². The van der Waals surface area contributed by atoms with Crippen molar-refractivity contribution in [3.05, 3.63) is 89.1 Å². The summed E-state index contributed by atoms with van der Waals surface area (Å²) in [5.74, 6) is 0.769. The highest BCUT2D eigenvalue weighted by molar-refractivity contribution is 5.74. The van der Waals surface area contributed by atoms with Crippen LogP contribution in [0.5, 0.6) is 0 Å². The number of non-ortho nitro benzene ring substituents is 1. The molecule has 0 bridgehead atoms. The van der Waals surface area contributed by atoms with Crippen molar-refractivity contribution in [1.29, 1.82) is 5.26 Å². The third-order valence-electron chi connectivity index (χ3n) is 4.63. The van der Waals surface area contributed by atoms with E-state index in [4.69, 9.17) is 9.15 Å². The molecule has 0 aliphatic rings. The lowest BCUT2D eigenvalue weighted by molar-refractivity contribution is -0.386. The maximum absolute atomic E-state index is 12.2. The molecule has 2 heterocycles. The Kier molecular flexibility index (Phi) is 6.27. The van der Waals surface area contributed by atoms with Crippen LogP contribution in [0.3, 0.4) is 0 Å². The summed E-state index contributed by atoms with van der Waals surface area (Å²) in [5.41, 5.74) is -0.591. The molecule has 0 spiro atoms. The average Bonchev–Trinajstić information content (AvgIpc) is 3.20. The van der Waals surface area contributed by atoms with Gasteiger partial charge in [0.25, 0.3) is 16.9 Å². The largest absolute Gasteiger partial charge is 0.457 e. The highest BCUT2D eigenvalue weighted by atomic mass is 16.6. The second-order valence-corrected chi connectivity index (χ2v) is 6.66. The summed E-state index contributed by atoms with van der Waals surface area (Å²) in [6.45, 7) is 1.43. The van der Waals surface area contributed by atoms with Gasteiger partial charge in [0.05, 0.1) is 22.0 Å². The molecule has 3 rings (SSSR count). The van der Waals surface area contributed by atoms with Gasteiger partial charge >= 0.3 is 0 Å². The molecule has 0 aliphatic carbocycles. The molecular formula is C21H16N4O7. The van der Waals surface area contributed by atoms with E-state index < -0.39 is 21.1 Å². The standard InChI is InChI=1S/C21H16N4O7/c1-12-9-13(24(27)28)3-6-15(12)19-8-5-14(32-19)4-7-18-20(25(29)30)17(11-31-2)16(10-22)21(26)23-18/h3-9H,11H2,1-2H3,(H,23,26)/b7-4+. The molecule has 11 heteroatoms. The molecule has 162 valence electrons. The second-order valence-electron chi connectivity index (χ2n) is 6.66. The third-order valence-corrected chi connectivity index (χ3v) is 4.63. The van der Waals surface area contributed by atoms with Crippen LogP contribution < -0.4 is 5.56 Å².